The summed E-state index contributed by atoms with van der Waals surface area (Å²) in [5.74, 6) is -0.0131. The molecular formula is C13H20N2O. The van der Waals surface area contributed by atoms with E-state index < -0.39 is 0 Å². The Kier molecular flexibility index (Phi) is 4.50. The van der Waals surface area contributed by atoms with Gasteiger partial charge in [-0.15, -0.1) is 0 Å². The molecule has 3 heteroatoms. The van der Waals surface area contributed by atoms with Crippen LogP contribution < -0.4 is 5.73 Å². The third-order valence-corrected chi connectivity index (χ3v) is 2.64. The Bertz CT molecular complexity index is 361. The molecule has 16 heavy (non-hydrogen) atoms. The zero-order valence-corrected chi connectivity index (χ0v) is 10.2. The van der Waals surface area contributed by atoms with Gasteiger partial charge in [-0.1, -0.05) is 29.8 Å². The van der Waals surface area contributed by atoms with Crippen molar-refractivity contribution in [3.63, 3.8) is 0 Å². The number of carbonyl (C=O) groups excluding carboxylic acids is 1. The first-order valence-electron chi connectivity index (χ1n) is 5.51. The van der Waals surface area contributed by atoms with Crippen LogP contribution in [0.4, 0.5) is 0 Å². The Hall–Kier alpha value is -1.35. The van der Waals surface area contributed by atoms with Crippen molar-refractivity contribution >= 4 is 5.91 Å². The minimum Gasteiger partial charge on any atom is -0.349 e. The Balaban J connectivity index is 2.74. The van der Waals surface area contributed by atoms with Gasteiger partial charge >= 0.3 is 0 Å². The summed E-state index contributed by atoms with van der Waals surface area (Å²) in [5, 5.41) is 0. The maximum atomic E-state index is 11.8. The van der Waals surface area contributed by atoms with Crippen LogP contribution >= 0.6 is 0 Å². The predicted molar refractivity (Wildman–Crippen MR) is 66.1 cm³/mol. The molecule has 0 heterocycles. The summed E-state index contributed by atoms with van der Waals surface area (Å²) >= 11 is 0. The topological polar surface area (TPSA) is 46.3 Å². The fourth-order valence-corrected chi connectivity index (χ4v) is 1.76. The van der Waals surface area contributed by atoms with Crippen molar-refractivity contribution in [2.45, 2.75) is 13.3 Å². The van der Waals surface area contributed by atoms with Gasteiger partial charge in [0.1, 0.15) is 0 Å². The second kappa shape index (κ2) is 5.66. The van der Waals surface area contributed by atoms with E-state index in [0.717, 1.165) is 6.42 Å². The predicted octanol–water partition coefficient (Wildman–Crippen LogP) is 1.20. The lowest BCUT2D eigenvalue weighted by molar-refractivity contribution is -0.132. The van der Waals surface area contributed by atoms with E-state index in [1.54, 1.807) is 19.0 Å². The Morgan fingerprint density at radius 1 is 1.44 bits per heavy atom. The van der Waals surface area contributed by atoms with Crippen molar-refractivity contribution in [3.8, 4) is 0 Å². The van der Waals surface area contributed by atoms with E-state index in [9.17, 15) is 4.79 Å². The zero-order valence-electron chi connectivity index (χ0n) is 10.2. The van der Waals surface area contributed by atoms with Gasteiger partial charge in [0.25, 0.3) is 0 Å². The van der Waals surface area contributed by atoms with Crippen LogP contribution in [0.5, 0.6) is 0 Å². The molecule has 0 spiro atoms. The van der Waals surface area contributed by atoms with Crippen LogP contribution in [0.3, 0.4) is 0 Å². The lowest BCUT2D eigenvalue weighted by Gasteiger charge is -2.19. The highest BCUT2D eigenvalue weighted by atomic mass is 16.2. The molecule has 0 aliphatic rings. The van der Waals surface area contributed by atoms with Crippen LogP contribution in [0.1, 0.15) is 11.1 Å². The lowest BCUT2D eigenvalue weighted by atomic mass is 9.97. The highest BCUT2D eigenvalue weighted by Gasteiger charge is 2.18. The first-order chi connectivity index (χ1) is 7.54. The van der Waals surface area contributed by atoms with Gasteiger partial charge in [0.15, 0.2) is 0 Å². The van der Waals surface area contributed by atoms with Gasteiger partial charge in [0.2, 0.25) is 5.91 Å². The molecule has 0 aromatic heterocycles. The van der Waals surface area contributed by atoms with Gasteiger partial charge in [-0.3, -0.25) is 4.79 Å². The Morgan fingerprint density at radius 3 is 2.62 bits per heavy atom. The number of rotatable bonds is 4. The third-order valence-electron chi connectivity index (χ3n) is 2.64. The van der Waals surface area contributed by atoms with E-state index in [4.69, 9.17) is 5.73 Å². The molecule has 0 saturated heterocycles. The molecule has 88 valence electrons. The Morgan fingerprint density at radius 2 is 2.12 bits per heavy atom. The van der Waals surface area contributed by atoms with Gasteiger partial charge in [0, 0.05) is 20.6 Å². The molecule has 0 aliphatic carbocycles. The molecule has 0 bridgehead atoms. The average molecular weight is 220 g/mol. The number of carbonyl (C=O) groups is 1. The number of aryl methyl sites for hydroxylation is 1. The minimum atomic E-state index is -0.114. The van der Waals surface area contributed by atoms with E-state index in [0.29, 0.717) is 6.54 Å². The monoisotopic (exact) mass is 220 g/mol. The largest absolute Gasteiger partial charge is 0.349 e. The zero-order chi connectivity index (χ0) is 12.1. The molecule has 0 fully saturated rings. The fourth-order valence-electron chi connectivity index (χ4n) is 1.76. The average Bonchev–Trinajstić information content (AvgIpc) is 2.25. The van der Waals surface area contributed by atoms with Crippen LogP contribution in [0.15, 0.2) is 24.3 Å². The molecule has 1 unspecified atom stereocenters. The highest BCUT2D eigenvalue weighted by Crippen LogP contribution is 2.11. The number of amides is 1. The molecule has 1 rings (SSSR count). The maximum absolute atomic E-state index is 11.8. The van der Waals surface area contributed by atoms with Crippen molar-refractivity contribution in [3.05, 3.63) is 35.4 Å². The van der Waals surface area contributed by atoms with Crippen molar-refractivity contribution in [2.24, 2.45) is 11.7 Å². The van der Waals surface area contributed by atoms with Crippen molar-refractivity contribution in [1.82, 2.24) is 4.90 Å². The van der Waals surface area contributed by atoms with Crippen LogP contribution in [0, 0.1) is 12.8 Å². The molecule has 0 aliphatic heterocycles. The van der Waals surface area contributed by atoms with Crippen molar-refractivity contribution in [1.29, 1.82) is 0 Å². The van der Waals surface area contributed by atoms with Gasteiger partial charge in [-0.2, -0.15) is 0 Å². The Labute approximate surface area is 97.2 Å². The third kappa shape index (κ3) is 3.35. The summed E-state index contributed by atoms with van der Waals surface area (Å²) in [6.45, 7) is 2.44. The number of hydrogen-bond acceptors (Lipinski definition) is 2. The fraction of sp³-hybridized carbons (Fsp3) is 0.462. The summed E-state index contributed by atoms with van der Waals surface area (Å²) in [6.07, 6.45) is 0.717. The molecule has 0 radical (unpaired) electrons. The maximum Gasteiger partial charge on any atom is 0.226 e. The second-order valence-corrected chi connectivity index (χ2v) is 4.36. The quantitative estimate of drug-likeness (QED) is 0.828. The number of benzene rings is 1. The van der Waals surface area contributed by atoms with E-state index in [1.807, 2.05) is 12.1 Å². The minimum absolute atomic E-state index is 0.101. The first-order valence-corrected chi connectivity index (χ1v) is 5.51. The van der Waals surface area contributed by atoms with Crippen molar-refractivity contribution < 1.29 is 4.79 Å². The molecule has 1 aromatic rings. The molecular weight excluding hydrogens is 200 g/mol. The number of hydrogen-bond donors (Lipinski definition) is 1. The van der Waals surface area contributed by atoms with Gasteiger partial charge < -0.3 is 10.6 Å². The summed E-state index contributed by atoms with van der Waals surface area (Å²) in [4.78, 5) is 13.4. The number of nitrogens with two attached hydrogens (primary N) is 1. The van der Waals surface area contributed by atoms with E-state index in [-0.39, 0.29) is 11.8 Å². The van der Waals surface area contributed by atoms with E-state index in [1.165, 1.54) is 11.1 Å². The van der Waals surface area contributed by atoms with Crippen LogP contribution in [-0.4, -0.2) is 31.4 Å². The van der Waals surface area contributed by atoms with Crippen LogP contribution in [0.25, 0.3) is 0 Å². The van der Waals surface area contributed by atoms with Crippen molar-refractivity contribution in [2.75, 3.05) is 20.6 Å². The summed E-state index contributed by atoms with van der Waals surface area (Å²) in [7, 11) is 3.53. The smallest absolute Gasteiger partial charge is 0.226 e. The van der Waals surface area contributed by atoms with Gasteiger partial charge in [-0.05, 0) is 18.9 Å². The summed E-state index contributed by atoms with van der Waals surface area (Å²) in [5.41, 5.74) is 8.04. The SMILES string of the molecule is Cc1cccc(CC(CN)C(=O)N(C)C)c1. The lowest BCUT2D eigenvalue weighted by Crippen LogP contribution is -2.35. The second-order valence-electron chi connectivity index (χ2n) is 4.36. The molecule has 0 saturated carbocycles. The van der Waals surface area contributed by atoms with E-state index >= 15 is 0 Å². The molecule has 3 nitrogen and oxygen atoms in total. The molecule has 2 N–H and O–H groups in total. The number of nitrogens with zero attached hydrogens (tertiary/aromatic N) is 1. The van der Waals surface area contributed by atoms with Gasteiger partial charge in [-0.25, -0.2) is 0 Å². The molecule has 1 atom stereocenters. The van der Waals surface area contributed by atoms with E-state index in [2.05, 4.69) is 19.1 Å². The van der Waals surface area contributed by atoms with Crippen LogP contribution in [-0.2, 0) is 11.2 Å². The van der Waals surface area contributed by atoms with Crippen LogP contribution in [0.2, 0.25) is 0 Å². The first kappa shape index (κ1) is 12.7. The molecule has 1 amide bonds. The normalized spacial score (nSPS) is 12.2. The highest BCUT2D eigenvalue weighted by molar-refractivity contribution is 5.78. The summed E-state index contributed by atoms with van der Waals surface area (Å²) in [6, 6.07) is 8.21. The standard InChI is InChI=1S/C13H20N2O/c1-10-5-4-6-11(7-10)8-12(9-14)13(16)15(2)3/h4-7,12H,8-9,14H2,1-3H3. The summed E-state index contributed by atoms with van der Waals surface area (Å²) < 4.78 is 0. The van der Waals surface area contributed by atoms with Gasteiger partial charge in [0.05, 0.1) is 5.92 Å². The molecule has 1 aromatic carbocycles.